The number of hydrogen-bond acceptors (Lipinski definition) is 1. The van der Waals surface area contributed by atoms with Crippen LogP contribution in [0.5, 0.6) is 0 Å². The summed E-state index contributed by atoms with van der Waals surface area (Å²) in [4.78, 5) is 0. The molecule has 0 saturated carbocycles. The molecule has 0 rings (SSSR count). The van der Waals surface area contributed by atoms with E-state index in [0.29, 0.717) is 11.8 Å². The Labute approximate surface area is 76.1 Å². The van der Waals surface area contributed by atoms with Crippen LogP contribution in [-0.2, 0) is 4.74 Å². The molecular formula is C11H20O. The van der Waals surface area contributed by atoms with Gasteiger partial charge in [0.2, 0.25) is 0 Å². The number of hydrogen-bond donors (Lipinski definition) is 0. The van der Waals surface area contributed by atoms with E-state index in [1.54, 1.807) is 0 Å². The van der Waals surface area contributed by atoms with Crippen molar-refractivity contribution in [3.8, 4) is 0 Å². The first-order chi connectivity index (χ1) is 5.52. The van der Waals surface area contributed by atoms with Crippen LogP contribution in [0.3, 0.4) is 0 Å². The van der Waals surface area contributed by atoms with Gasteiger partial charge in [-0.25, -0.2) is 0 Å². The van der Waals surface area contributed by atoms with Gasteiger partial charge in [0, 0.05) is 0 Å². The van der Waals surface area contributed by atoms with Crippen LogP contribution < -0.4 is 0 Å². The van der Waals surface area contributed by atoms with Crippen molar-refractivity contribution in [2.45, 2.75) is 27.7 Å². The quantitative estimate of drug-likeness (QED) is 0.451. The summed E-state index contributed by atoms with van der Waals surface area (Å²) in [5.41, 5.74) is 0. The van der Waals surface area contributed by atoms with Gasteiger partial charge in [-0.2, -0.15) is 0 Å². The maximum atomic E-state index is 5.37. The second kappa shape index (κ2) is 5.87. The fraction of sp³-hybridized carbons (Fsp3) is 0.636. The first-order valence-electron chi connectivity index (χ1n) is 4.52. The molecule has 70 valence electrons. The van der Waals surface area contributed by atoms with E-state index in [4.69, 9.17) is 4.74 Å². The van der Waals surface area contributed by atoms with E-state index >= 15 is 0 Å². The molecule has 0 spiro atoms. The Balaban J connectivity index is 3.60. The third kappa shape index (κ3) is 7.39. The van der Waals surface area contributed by atoms with Crippen molar-refractivity contribution in [3.05, 3.63) is 24.5 Å². The van der Waals surface area contributed by atoms with Gasteiger partial charge < -0.3 is 4.74 Å². The second-order valence-electron chi connectivity index (χ2n) is 3.77. The first-order valence-corrected chi connectivity index (χ1v) is 4.52. The lowest BCUT2D eigenvalue weighted by Gasteiger charge is -2.07. The molecule has 0 atom stereocenters. The zero-order valence-corrected chi connectivity index (χ0v) is 8.63. The first kappa shape index (κ1) is 11.3. The van der Waals surface area contributed by atoms with Gasteiger partial charge in [0.25, 0.3) is 0 Å². The van der Waals surface area contributed by atoms with Crippen molar-refractivity contribution < 1.29 is 4.74 Å². The molecule has 1 heteroatoms. The summed E-state index contributed by atoms with van der Waals surface area (Å²) in [6.07, 6.45) is 4.02. The second-order valence-corrected chi connectivity index (χ2v) is 3.77. The molecule has 0 aromatic carbocycles. The van der Waals surface area contributed by atoms with Crippen LogP contribution in [0.4, 0.5) is 0 Å². The van der Waals surface area contributed by atoms with Crippen LogP contribution in [0.1, 0.15) is 27.7 Å². The zero-order valence-electron chi connectivity index (χ0n) is 8.63. The minimum absolute atomic E-state index is 0.560. The minimum Gasteiger partial charge on any atom is -0.494 e. The molecule has 0 aromatic heterocycles. The van der Waals surface area contributed by atoms with E-state index in [-0.39, 0.29) is 0 Å². The molecule has 0 aliphatic carbocycles. The molecule has 0 aliphatic rings. The average Bonchev–Trinajstić information content (AvgIpc) is 1.96. The van der Waals surface area contributed by atoms with Crippen LogP contribution >= 0.6 is 0 Å². The van der Waals surface area contributed by atoms with Crippen LogP contribution in [-0.4, -0.2) is 6.61 Å². The Hall–Kier alpha value is -0.720. The summed E-state index contributed by atoms with van der Waals surface area (Å²) >= 11 is 0. The predicted molar refractivity (Wildman–Crippen MR) is 53.9 cm³/mol. The van der Waals surface area contributed by atoms with Gasteiger partial charge in [0.05, 0.1) is 6.61 Å². The van der Waals surface area contributed by atoms with Crippen molar-refractivity contribution in [1.29, 1.82) is 0 Å². The van der Waals surface area contributed by atoms with Gasteiger partial charge in [-0.1, -0.05) is 40.3 Å². The Morgan fingerprint density at radius 3 is 2.33 bits per heavy atom. The smallest absolute Gasteiger partial charge is 0.111 e. The third-order valence-corrected chi connectivity index (χ3v) is 1.27. The fourth-order valence-corrected chi connectivity index (χ4v) is 0.622. The molecule has 0 bridgehead atoms. The number of allylic oxidation sites excluding steroid dienone is 2. The van der Waals surface area contributed by atoms with E-state index in [2.05, 4.69) is 40.3 Å². The molecule has 0 heterocycles. The summed E-state index contributed by atoms with van der Waals surface area (Å²) in [6.45, 7) is 13.1. The molecule has 0 N–H and O–H groups in total. The minimum atomic E-state index is 0.560. The standard InChI is InChI=1S/C11H20O/c1-9(2)6-7-11(5)12-8-10(3)4/h6-7,9-10H,5,8H2,1-4H3/b7-6-. The Kier molecular flexibility index (Phi) is 5.52. The highest BCUT2D eigenvalue weighted by Gasteiger charge is 1.94. The Morgan fingerprint density at radius 2 is 1.92 bits per heavy atom. The lowest BCUT2D eigenvalue weighted by Crippen LogP contribution is -1.99. The molecular weight excluding hydrogens is 148 g/mol. The lowest BCUT2D eigenvalue weighted by atomic mass is 10.2. The monoisotopic (exact) mass is 168 g/mol. The number of ether oxygens (including phenoxy) is 1. The number of rotatable bonds is 5. The molecule has 0 aliphatic heterocycles. The third-order valence-electron chi connectivity index (χ3n) is 1.27. The molecule has 0 unspecified atom stereocenters. The van der Waals surface area contributed by atoms with Gasteiger partial charge >= 0.3 is 0 Å². The largest absolute Gasteiger partial charge is 0.494 e. The van der Waals surface area contributed by atoms with E-state index in [1.165, 1.54) is 0 Å². The molecule has 12 heavy (non-hydrogen) atoms. The average molecular weight is 168 g/mol. The zero-order chi connectivity index (χ0) is 9.56. The van der Waals surface area contributed by atoms with Crippen molar-refractivity contribution in [2.24, 2.45) is 11.8 Å². The van der Waals surface area contributed by atoms with Crippen molar-refractivity contribution in [2.75, 3.05) is 6.61 Å². The normalized spacial score (nSPS) is 11.5. The molecule has 1 nitrogen and oxygen atoms in total. The van der Waals surface area contributed by atoms with E-state index < -0.39 is 0 Å². The molecule has 0 aromatic rings. The van der Waals surface area contributed by atoms with Crippen molar-refractivity contribution in [1.82, 2.24) is 0 Å². The van der Waals surface area contributed by atoms with E-state index in [9.17, 15) is 0 Å². The fourth-order valence-electron chi connectivity index (χ4n) is 0.622. The molecule has 0 saturated heterocycles. The van der Waals surface area contributed by atoms with Crippen LogP contribution in [0.25, 0.3) is 0 Å². The van der Waals surface area contributed by atoms with Crippen LogP contribution in [0.15, 0.2) is 24.5 Å². The molecule has 0 amide bonds. The van der Waals surface area contributed by atoms with E-state index in [0.717, 1.165) is 12.4 Å². The SMILES string of the molecule is C=C(/C=C\C(C)C)OCC(C)C. The van der Waals surface area contributed by atoms with Crippen molar-refractivity contribution in [3.63, 3.8) is 0 Å². The summed E-state index contributed by atoms with van der Waals surface area (Å²) in [6, 6.07) is 0. The van der Waals surface area contributed by atoms with Crippen LogP contribution in [0, 0.1) is 11.8 Å². The maximum absolute atomic E-state index is 5.37. The predicted octanol–water partition coefficient (Wildman–Crippen LogP) is 3.38. The van der Waals surface area contributed by atoms with Gasteiger partial charge in [-0.3, -0.25) is 0 Å². The van der Waals surface area contributed by atoms with E-state index in [1.807, 2.05) is 6.08 Å². The summed E-state index contributed by atoms with van der Waals surface area (Å²) in [5.74, 6) is 1.89. The summed E-state index contributed by atoms with van der Waals surface area (Å²) in [7, 11) is 0. The highest BCUT2D eigenvalue weighted by Crippen LogP contribution is 2.03. The van der Waals surface area contributed by atoms with Gasteiger partial charge in [-0.05, 0) is 17.9 Å². The maximum Gasteiger partial charge on any atom is 0.111 e. The Bertz CT molecular complexity index is 154. The lowest BCUT2D eigenvalue weighted by molar-refractivity contribution is 0.191. The highest BCUT2D eigenvalue weighted by molar-refractivity contribution is 5.07. The highest BCUT2D eigenvalue weighted by atomic mass is 16.5. The molecule has 0 radical (unpaired) electrons. The topological polar surface area (TPSA) is 9.23 Å². The van der Waals surface area contributed by atoms with Crippen molar-refractivity contribution >= 4 is 0 Å². The molecule has 0 fully saturated rings. The van der Waals surface area contributed by atoms with Gasteiger partial charge in [-0.15, -0.1) is 0 Å². The van der Waals surface area contributed by atoms with Gasteiger partial charge in [0.1, 0.15) is 5.76 Å². The van der Waals surface area contributed by atoms with Crippen LogP contribution in [0.2, 0.25) is 0 Å². The Morgan fingerprint density at radius 1 is 1.33 bits per heavy atom. The van der Waals surface area contributed by atoms with Gasteiger partial charge in [0.15, 0.2) is 0 Å². The summed E-state index contributed by atoms with van der Waals surface area (Å²) < 4.78 is 5.37. The summed E-state index contributed by atoms with van der Waals surface area (Å²) in [5, 5.41) is 0.